The van der Waals surface area contributed by atoms with Gasteiger partial charge in [-0.05, 0) is 89.9 Å². The van der Waals surface area contributed by atoms with Crippen molar-refractivity contribution in [1.29, 1.82) is 0 Å². The second kappa shape index (κ2) is 11.2. The molecule has 0 radical (unpaired) electrons. The summed E-state index contributed by atoms with van der Waals surface area (Å²) in [6.45, 7) is 9.10. The van der Waals surface area contributed by atoms with Crippen LogP contribution in [-0.4, -0.2) is 4.57 Å². The minimum atomic E-state index is 0.736. The molecule has 0 bridgehead atoms. The number of nitrogens with zero attached hydrogens (tertiary/aromatic N) is 1. The van der Waals surface area contributed by atoms with Gasteiger partial charge >= 0.3 is 0 Å². The lowest BCUT2D eigenvalue weighted by Gasteiger charge is -2.18. The maximum absolute atomic E-state index is 2.50. The van der Waals surface area contributed by atoms with Crippen LogP contribution in [0.15, 0.2) is 109 Å². The summed E-state index contributed by atoms with van der Waals surface area (Å²) in [4.78, 5) is 0. The van der Waals surface area contributed by atoms with Gasteiger partial charge in [0.15, 0.2) is 0 Å². The Kier molecular flexibility index (Phi) is 7.30. The van der Waals surface area contributed by atoms with Crippen molar-refractivity contribution < 1.29 is 0 Å². The van der Waals surface area contributed by atoms with Gasteiger partial charge in [-0.3, -0.25) is 0 Å². The number of hydrogen-bond donors (Lipinski definition) is 0. The molecular weight excluding hydrogens is 482 g/mol. The topological polar surface area (TPSA) is 4.93 Å². The molecule has 0 spiro atoms. The first-order valence-corrected chi connectivity index (χ1v) is 14.9. The Morgan fingerprint density at radius 3 is 2.08 bits per heavy atom. The molecule has 6 rings (SSSR count). The summed E-state index contributed by atoms with van der Waals surface area (Å²) in [6, 6.07) is 40.5. The third kappa shape index (κ3) is 4.75. The molecule has 1 unspecified atom stereocenters. The first-order valence-electron chi connectivity index (χ1n) is 14.9. The van der Waals surface area contributed by atoms with Crippen molar-refractivity contribution in [3.05, 3.63) is 126 Å². The minimum absolute atomic E-state index is 0.736. The summed E-state index contributed by atoms with van der Waals surface area (Å²) in [7, 11) is 0. The highest BCUT2D eigenvalue weighted by Gasteiger charge is 2.19. The van der Waals surface area contributed by atoms with Gasteiger partial charge in [0.1, 0.15) is 0 Å². The molecule has 1 aromatic heterocycles. The molecule has 6 aromatic rings. The highest BCUT2D eigenvalue weighted by Crippen LogP contribution is 2.40. The fourth-order valence-corrected chi connectivity index (χ4v) is 6.50. The van der Waals surface area contributed by atoms with Crippen LogP contribution in [0, 0.1) is 19.8 Å². The average Bonchev–Trinajstić information content (AvgIpc) is 3.30. The van der Waals surface area contributed by atoms with Crippen molar-refractivity contribution in [3.8, 4) is 27.9 Å². The van der Waals surface area contributed by atoms with Crippen molar-refractivity contribution in [2.24, 2.45) is 5.92 Å². The van der Waals surface area contributed by atoms with Crippen molar-refractivity contribution in [2.45, 2.75) is 53.4 Å². The second-order valence-electron chi connectivity index (χ2n) is 11.3. The van der Waals surface area contributed by atoms with Crippen LogP contribution in [0.5, 0.6) is 0 Å². The Morgan fingerprint density at radius 2 is 1.32 bits per heavy atom. The Hall–Kier alpha value is -4.10. The van der Waals surface area contributed by atoms with E-state index in [1.54, 1.807) is 0 Å². The van der Waals surface area contributed by atoms with Crippen LogP contribution in [0.1, 0.15) is 49.8 Å². The van der Waals surface area contributed by atoms with E-state index in [4.69, 9.17) is 0 Å². The standard InChI is InChI=1S/C39H39N/c1-5-13-29(6-2)24-30-20-22-36-34(25-30)35-26-32(31-16-8-7-9-17-31)21-23-37(35)40(36)38-19-12-15-28(4)39(38)33-18-11-10-14-27(33)3/h7-12,14-23,25-26,29H,5-6,13,24H2,1-4H3. The highest BCUT2D eigenvalue weighted by molar-refractivity contribution is 6.11. The molecule has 1 heteroatoms. The van der Waals surface area contributed by atoms with Gasteiger partial charge < -0.3 is 4.57 Å². The van der Waals surface area contributed by atoms with Gasteiger partial charge in [0, 0.05) is 16.3 Å². The molecule has 0 saturated carbocycles. The number of hydrogen-bond acceptors (Lipinski definition) is 0. The second-order valence-corrected chi connectivity index (χ2v) is 11.3. The van der Waals surface area contributed by atoms with E-state index in [2.05, 4.69) is 141 Å². The van der Waals surface area contributed by atoms with Gasteiger partial charge in [0.25, 0.3) is 0 Å². The van der Waals surface area contributed by atoms with Crippen LogP contribution < -0.4 is 0 Å². The fourth-order valence-electron chi connectivity index (χ4n) is 6.50. The molecule has 40 heavy (non-hydrogen) atoms. The first-order chi connectivity index (χ1) is 19.6. The van der Waals surface area contributed by atoms with E-state index in [1.807, 2.05) is 0 Å². The van der Waals surface area contributed by atoms with Crippen LogP contribution >= 0.6 is 0 Å². The molecule has 1 atom stereocenters. The number of rotatable bonds is 8. The SMILES string of the molecule is CCCC(CC)Cc1ccc2c(c1)c1cc(-c3ccccc3)ccc1n2-c1cccc(C)c1-c1ccccc1C. The van der Waals surface area contributed by atoms with E-state index < -0.39 is 0 Å². The summed E-state index contributed by atoms with van der Waals surface area (Å²) in [5, 5.41) is 2.66. The van der Waals surface area contributed by atoms with E-state index in [9.17, 15) is 0 Å². The van der Waals surface area contributed by atoms with E-state index >= 15 is 0 Å². The molecule has 0 fully saturated rings. The predicted octanol–water partition coefficient (Wildman–Crippen LogP) is 11.1. The van der Waals surface area contributed by atoms with Crippen LogP contribution in [0.4, 0.5) is 0 Å². The quantitative estimate of drug-likeness (QED) is 0.188. The predicted molar refractivity (Wildman–Crippen MR) is 174 cm³/mol. The Bertz CT molecular complexity index is 1790. The van der Waals surface area contributed by atoms with Crippen molar-refractivity contribution >= 4 is 21.8 Å². The molecule has 0 aliphatic heterocycles. The third-order valence-electron chi connectivity index (χ3n) is 8.64. The summed E-state index contributed by atoms with van der Waals surface area (Å²) in [6.07, 6.45) is 4.91. The molecule has 1 heterocycles. The summed E-state index contributed by atoms with van der Waals surface area (Å²) < 4.78 is 2.50. The summed E-state index contributed by atoms with van der Waals surface area (Å²) >= 11 is 0. The Morgan fingerprint density at radius 1 is 0.625 bits per heavy atom. The van der Waals surface area contributed by atoms with E-state index in [-0.39, 0.29) is 0 Å². The highest BCUT2D eigenvalue weighted by atomic mass is 15.0. The molecule has 0 saturated heterocycles. The van der Waals surface area contributed by atoms with Crippen molar-refractivity contribution in [1.82, 2.24) is 4.57 Å². The molecule has 0 aliphatic carbocycles. The van der Waals surface area contributed by atoms with Crippen LogP contribution in [0.25, 0.3) is 49.7 Å². The van der Waals surface area contributed by atoms with Gasteiger partial charge in [-0.15, -0.1) is 0 Å². The third-order valence-corrected chi connectivity index (χ3v) is 8.64. The van der Waals surface area contributed by atoms with E-state index in [0.29, 0.717) is 0 Å². The summed E-state index contributed by atoms with van der Waals surface area (Å²) in [5.74, 6) is 0.736. The van der Waals surface area contributed by atoms with Crippen molar-refractivity contribution in [2.75, 3.05) is 0 Å². The van der Waals surface area contributed by atoms with Gasteiger partial charge in [-0.1, -0.05) is 112 Å². The van der Waals surface area contributed by atoms with E-state index in [1.165, 1.54) is 85.7 Å². The van der Waals surface area contributed by atoms with Gasteiger partial charge in [-0.25, -0.2) is 0 Å². The maximum atomic E-state index is 2.50. The zero-order valence-corrected chi connectivity index (χ0v) is 24.2. The minimum Gasteiger partial charge on any atom is -0.309 e. The molecule has 0 amide bonds. The zero-order chi connectivity index (χ0) is 27.6. The molecule has 0 N–H and O–H groups in total. The van der Waals surface area contributed by atoms with E-state index in [0.717, 1.165) is 12.3 Å². The molecule has 200 valence electrons. The monoisotopic (exact) mass is 521 g/mol. The maximum Gasteiger partial charge on any atom is 0.0543 e. The van der Waals surface area contributed by atoms with Crippen LogP contribution in [-0.2, 0) is 6.42 Å². The largest absolute Gasteiger partial charge is 0.309 e. The number of fused-ring (bicyclic) bond motifs is 3. The van der Waals surface area contributed by atoms with Crippen LogP contribution in [0.2, 0.25) is 0 Å². The van der Waals surface area contributed by atoms with Gasteiger partial charge in [0.05, 0.1) is 16.7 Å². The van der Waals surface area contributed by atoms with Crippen molar-refractivity contribution in [3.63, 3.8) is 0 Å². The van der Waals surface area contributed by atoms with Gasteiger partial charge in [-0.2, -0.15) is 0 Å². The fraction of sp³-hybridized carbons (Fsp3) is 0.231. The Labute approximate surface area is 239 Å². The molecule has 1 nitrogen and oxygen atoms in total. The lowest BCUT2D eigenvalue weighted by molar-refractivity contribution is 0.462. The normalized spacial score (nSPS) is 12.3. The first kappa shape index (κ1) is 26.1. The van der Waals surface area contributed by atoms with Crippen LogP contribution in [0.3, 0.4) is 0 Å². The summed E-state index contributed by atoms with van der Waals surface area (Å²) in [5.41, 5.74) is 12.9. The molecular formula is C39H39N. The average molecular weight is 522 g/mol. The smallest absolute Gasteiger partial charge is 0.0543 e. The zero-order valence-electron chi connectivity index (χ0n) is 24.2. The lowest BCUT2D eigenvalue weighted by Crippen LogP contribution is -2.03. The molecule has 5 aromatic carbocycles. The van der Waals surface area contributed by atoms with Gasteiger partial charge in [0.2, 0.25) is 0 Å². The number of aryl methyl sites for hydroxylation is 2. The number of aromatic nitrogens is 1. The lowest BCUT2D eigenvalue weighted by atomic mass is 9.92. The Balaban J connectivity index is 1.63. The molecule has 0 aliphatic rings. The number of benzene rings is 5.